The monoisotopic (exact) mass is 643 g/mol. The first kappa shape index (κ1) is 31.0. The lowest BCUT2D eigenvalue weighted by Gasteiger charge is -2.47. The van der Waals surface area contributed by atoms with Crippen LogP contribution in [0.15, 0.2) is 23.0 Å². The number of ether oxygens (including phenoxy) is 1. The lowest BCUT2D eigenvalue weighted by Crippen LogP contribution is -2.57. The maximum atomic E-state index is 14.3. The highest BCUT2D eigenvalue weighted by Crippen LogP contribution is 2.60. The van der Waals surface area contributed by atoms with Crippen LogP contribution in [0.4, 0.5) is 4.39 Å². The van der Waals surface area contributed by atoms with Crippen LogP contribution in [0.3, 0.4) is 0 Å². The number of pyridine rings is 1. The summed E-state index contributed by atoms with van der Waals surface area (Å²) in [4.78, 5) is 68.8. The highest BCUT2D eigenvalue weighted by Gasteiger charge is 2.64. The number of carbonyl (C=O) groups excluding carboxylic acids is 4. The van der Waals surface area contributed by atoms with Crippen molar-refractivity contribution in [1.29, 1.82) is 0 Å². The quantitative estimate of drug-likeness (QED) is 0.347. The second-order valence-electron chi connectivity index (χ2n) is 12.6. The minimum absolute atomic E-state index is 0.0166. The van der Waals surface area contributed by atoms with Gasteiger partial charge in [0.2, 0.25) is 5.91 Å². The normalized spacial score (nSPS) is 24.6. The number of amides is 3. The summed E-state index contributed by atoms with van der Waals surface area (Å²) in [5, 5.41) is 11.2. The second-order valence-corrected chi connectivity index (χ2v) is 13.0. The van der Waals surface area contributed by atoms with Crippen molar-refractivity contribution in [2.45, 2.75) is 76.2 Å². The SMILES string of the molecule is CC(CN1C(=O)c2c3c(c(O)c(=O)n2C12CCC1CCC12)C(=O)N(Cc1ccc(F)c(Cl)c1)CC3)OC(=O)C(N)CCC(N)=O. The third-order valence-corrected chi connectivity index (χ3v) is 10.2. The predicted molar refractivity (Wildman–Crippen MR) is 159 cm³/mol. The molecular weight excluding hydrogens is 609 g/mol. The molecule has 6 rings (SSSR count). The molecule has 240 valence electrons. The second kappa shape index (κ2) is 11.4. The van der Waals surface area contributed by atoms with Crippen molar-refractivity contribution in [3.8, 4) is 5.75 Å². The van der Waals surface area contributed by atoms with Crippen LogP contribution in [-0.4, -0.2) is 68.4 Å². The van der Waals surface area contributed by atoms with Gasteiger partial charge >= 0.3 is 5.97 Å². The fourth-order valence-electron chi connectivity index (χ4n) is 7.67. The maximum absolute atomic E-state index is 14.3. The van der Waals surface area contributed by atoms with Gasteiger partial charge in [-0.1, -0.05) is 17.7 Å². The molecule has 0 radical (unpaired) electrons. The maximum Gasteiger partial charge on any atom is 0.323 e. The lowest BCUT2D eigenvalue weighted by atomic mass is 9.72. The van der Waals surface area contributed by atoms with Crippen LogP contribution in [0.25, 0.3) is 0 Å². The third kappa shape index (κ3) is 4.96. The number of nitrogens with zero attached hydrogens (tertiary/aromatic N) is 3. The van der Waals surface area contributed by atoms with E-state index in [0.29, 0.717) is 17.5 Å². The van der Waals surface area contributed by atoms with Gasteiger partial charge in [-0.05, 0) is 69.1 Å². The van der Waals surface area contributed by atoms with E-state index < -0.39 is 58.6 Å². The molecule has 14 heteroatoms. The van der Waals surface area contributed by atoms with Crippen molar-refractivity contribution in [2.24, 2.45) is 23.3 Å². The van der Waals surface area contributed by atoms with Crippen molar-refractivity contribution in [3.05, 3.63) is 61.8 Å². The Kier molecular flexibility index (Phi) is 7.88. The molecule has 1 aromatic carbocycles. The van der Waals surface area contributed by atoms with E-state index in [0.717, 1.165) is 19.3 Å². The third-order valence-electron chi connectivity index (χ3n) is 9.90. The first-order valence-electron chi connectivity index (χ1n) is 15.2. The van der Waals surface area contributed by atoms with Gasteiger partial charge in [-0.3, -0.25) is 28.5 Å². The van der Waals surface area contributed by atoms with Crippen LogP contribution in [0.5, 0.6) is 5.75 Å². The van der Waals surface area contributed by atoms with E-state index in [4.69, 9.17) is 27.8 Å². The zero-order valence-corrected chi connectivity index (χ0v) is 25.5. The number of aromatic nitrogens is 1. The summed E-state index contributed by atoms with van der Waals surface area (Å²) in [6.45, 7) is 1.83. The Bertz CT molecular complexity index is 1680. The minimum atomic E-state index is -1.07. The Morgan fingerprint density at radius 2 is 1.96 bits per heavy atom. The number of hydrogen-bond acceptors (Lipinski definition) is 8. The molecular formula is C31H35ClFN5O7. The Morgan fingerprint density at radius 1 is 1.20 bits per heavy atom. The molecule has 2 aromatic rings. The molecule has 12 nitrogen and oxygen atoms in total. The molecule has 3 heterocycles. The number of primary amides is 1. The number of fused-ring (bicyclic) bond motifs is 6. The van der Waals surface area contributed by atoms with Gasteiger partial charge in [0.15, 0.2) is 5.75 Å². The molecule has 3 amide bonds. The fraction of sp³-hybridized carbons (Fsp3) is 0.516. The zero-order chi connectivity index (χ0) is 32.4. The van der Waals surface area contributed by atoms with Crippen molar-refractivity contribution in [2.75, 3.05) is 13.1 Å². The summed E-state index contributed by atoms with van der Waals surface area (Å²) in [5.74, 6) is -3.48. The van der Waals surface area contributed by atoms with Crippen LogP contribution in [0.1, 0.15) is 77.4 Å². The number of carbonyl (C=O) groups is 4. The van der Waals surface area contributed by atoms with Crippen LogP contribution >= 0.6 is 11.6 Å². The summed E-state index contributed by atoms with van der Waals surface area (Å²) >= 11 is 5.92. The molecule has 5 atom stereocenters. The number of hydrogen-bond donors (Lipinski definition) is 3. The number of halogens is 2. The molecule has 1 aromatic heterocycles. The smallest absolute Gasteiger partial charge is 0.323 e. The average molecular weight is 644 g/mol. The summed E-state index contributed by atoms with van der Waals surface area (Å²) in [6.07, 6.45) is 2.30. The largest absolute Gasteiger partial charge is 0.502 e. The highest BCUT2D eigenvalue weighted by atomic mass is 35.5. The summed E-state index contributed by atoms with van der Waals surface area (Å²) in [5.41, 5.74) is 9.90. The number of esters is 1. The standard InChI is InChI=1S/C31H35ClFN5O7/c1-15(45-30(44)22(34)6-7-23(35)39)13-37-28(42)25-18-9-11-36(14-16-2-5-21(33)20(32)12-16)27(41)24(18)26(40)29(43)38(25)31(37)10-8-17-3-4-19(17)31/h2,5,12,15,17,19,22,40H,3-4,6-11,13-14,34H2,1H3,(H2,35,39). The van der Waals surface area contributed by atoms with Gasteiger partial charge in [-0.15, -0.1) is 0 Å². The van der Waals surface area contributed by atoms with Crippen molar-refractivity contribution >= 4 is 35.3 Å². The Balaban J connectivity index is 1.33. The Morgan fingerprint density at radius 3 is 2.60 bits per heavy atom. The van der Waals surface area contributed by atoms with Gasteiger partial charge < -0.3 is 31.1 Å². The van der Waals surface area contributed by atoms with Crippen LogP contribution < -0.4 is 17.0 Å². The van der Waals surface area contributed by atoms with E-state index in [2.05, 4.69) is 0 Å². The molecule has 2 aliphatic heterocycles. The molecule has 1 spiro atoms. The van der Waals surface area contributed by atoms with Gasteiger partial charge in [0.1, 0.15) is 29.3 Å². The number of nitrogens with two attached hydrogens (primary N) is 2. The van der Waals surface area contributed by atoms with Gasteiger partial charge in [0, 0.05) is 31.0 Å². The fourth-order valence-corrected chi connectivity index (χ4v) is 7.88. The van der Waals surface area contributed by atoms with Gasteiger partial charge in [0.05, 0.1) is 17.1 Å². The topological polar surface area (TPSA) is 178 Å². The Labute approximate surface area is 263 Å². The van der Waals surface area contributed by atoms with Gasteiger partial charge in [0.25, 0.3) is 17.4 Å². The van der Waals surface area contributed by atoms with Crippen LogP contribution in [-0.2, 0) is 33.0 Å². The molecule has 0 bridgehead atoms. The van der Waals surface area contributed by atoms with Crippen molar-refractivity contribution in [3.63, 3.8) is 0 Å². The first-order valence-corrected chi connectivity index (χ1v) is 15.5. The van der Waals surface area contributed by atoms with E-state index in [1.165, 1.54) is 27.7 Å². The molecule has 2 saturated carbocycles. The molecule has 4 aliphatic rings. The van der Waals surface area contributed by atoms with Gasteiger partial charge in [-0.2, -0.15) is 0 Å². The predicted octanol–water partition coefficient (Wildman–Crippen LogP) is 2.00. The molecule has 2 fully saturated rings. The van der Waals surface area contributed by atoms with Crippen molar-refractivity contribution in [1.82, 2.24) is 14.4 Å². The van der Waals surface area contributed by atoms with E-state index in [1.807, 2.05) is 0 Å². The van der Waals surface area contributed by atoms with E-state index in [1.54, 1.807) is 11.8 Å². The summed E-state index contributed by atoms with van der Waals surface area (Å²) in [7, 11) is 0. The average Bonchev–Trinajstić information content (AvgIpc) is 3.36. The zero-order valence-electron chi connectivity index (χ0n) is 24.8. The lowest BCUT2D eigenvalue weighted by molar-refractivity contribution is -0.152. The number of benzene rings is 1. The van der Waals surface area contributed by atoms with E-state index in [-0.39, 0.29) is 67.0 Å². The van der Waals surface area contributed by atoms with Gasteiger partial charge in [-0.25, -0.2) is 4.39 Å². The molecule has 0 saturated heterocycles. The van der Waals surface area contributed by atoms with Crippen LogP contribution in [0, 0.1) is 17.7 Å². The first-order chi connectivity index (χ1) is 21.3. The summed E-state index contributed by atoms with van der Waals surface area (Å²) in [6, 6.07) is 3.04. The van der Waals surface area contributed by atoms with E-state index >= 15 is 0 Å². The number of rotatable bonds is 9. The summed E-state index contributed by atoms with van der Waals surface area (Å²) < 4.78 is 20.7. The molecule has 45 heavy (non-hydrogen) atoms. The highest BCUT2D eigenvalue weighted by molar-refractivity contribution is 6.30. The minimum Gasteiger partial charge on any atom is -0.502 e. The molecule has 5 N–H and O–H groups in total. The van der Waals surface area contributed by atoms with Crippen molar-refractivity contribution < 1.29 is 33.4 Å². The number of aromatic hydroxyl groups is 1. The van der Waals surface area contributed by atoms with E-state index in [9.17, 15) is 33.5 Å². The van der Waals surface area contributed by atoms with Crippen LogP contribution in [0.2, 0.25) is 5.02 Å². The Hall–Kier alpha value is -3.97. The molecule has 2 aliphatic carbocycles. The molecule has 5 unspecified atom stereocenters.